The number of nitrogens with one attached hydrogen (secondary N) is 1. The maximum absolute atomic E-state index is 12.8. The van der Waals surface area contributed by atoms with Crippen molar-refractivity contribution in [3.8, 4) is 11.3 Å². The molecule has 4 aromatic rings. The molecule has 8 heteroatoms. The van der Waals surface area contributed by atoms with E-state index in [0.717, 1.165) is 36.9 Å². The monoisotopic (exact) mass is 432 g/mol. The van der Waals surface area contributed by atoms with E-state index in [4.69, 9.17) is 4.74 Å². The number of hydrogen-bond acceptors (Lipinski definition) is 6. The highest BCUT2D eigenvalue weighted by atomic mass is 32.1. The summed E-state index contributed by atoms with van der Waals surface area (Å²) in [6, 6.07) is 12.9. The second-order valence-corrected chi connectivity index (χ2v) is 8.40. The molecule has 3 aromatic heterocycles. The summed E-state index contributed by atoms with van der Waals surface area (Å²) < 4.78 is 7.13. The van der Waals surface area contributed by atoms with Crippen molar-refractivity contribution in [2.45, 2.75) is 31.8 Å². The number of thiophene rings is 1. The third-order valence-electron chi connectivity index (χ3n) is 5.37. The first-order chi connectivity index (χ1) is 15.2. The van der Waals surface area contributed by atoms with Gasteiger partial charge in [-0.05, 0) is 55.3 Å². The fraction of sp³-hybridized carbons (Fsp3) is 0.217. The lowest BCUT2D eigenvalue weighted by atomic mass is 10.1. The van der Waals surface area contributed by atoms with Gasteiger partial charge < -0.3 is 4.74 Å². The summed E-state index contributed by atoms with van der Waals surface area (Å²) in [5.74, 6) is -0.0975. The zero-order valence-electron chi connectivity index (χ0n) is 16.7. The van der Waals surface area contributed by atoms with Crippen LogP contribution in [0.1, 0.15) is 40.9 Å². The lowest BCUT2D eigenvalue weighted by molar-refractivity contribution is 0.104. The number of anilines is 1. The standard InChI is InChI=1S/C23H20N4O3S/c28-21(20-9-4-12-31-20)18-14-25-27-19(10-11-24-22(18)27)15-5-3-6-16(13-15)26-23(29)30-17-7-1-2-8-17/h3-6,9-14,17H,1-2,7-8H2,(H,26,29). The predicted octanol–water partition coefficient (Wildman–Crippen LogP) is 5.18. The molecule has 0 saturated heterocycles. The molecule has 0 unspecified atom stereocenters. The first kappa shape index (κ1) is 19.4. The fourth-order valence-corrected chi connectivity index (χ4v) is 4.55. The molecule has 0 radical (unpaired) electrons. The Hall–Kier alpha value is -3.52. The van der Waals surface area contributed by atoms with Crippen molar-refractivity contribution in [1.29, 1.82) is 0 Å². The molecule has 1 amide bonds. The lowest BCUT2D eigenvalue weighted by Crippen LogP contribution is -2.20. The van der Waals surface area contributed by atoms with Crippen LogP contribution in [-0.2, 0) is 4.74 Å². The van der Waals surface area contributed by atoms with Crippen molar-refractivity contribution < 1.29 is 14.3 Å². The summed E-state index contributed by atoms with van der Waals surface area (Å²) in [6.45, 7) is 0. The van der Waals surface area contributed by atoms with Crippen molar-refractivity contribution in [3.63, 3.8) is 0 Å². The van der Waals surface area contributed by atoms with Crippen LogP contribution in [-0.4, -0.2) is 32.6 Å². The third-order valence-corrected chi connectivity index (χ3v) is 6.24. The van der Waals surface area contributed by atoms with Gasteiger partial charge in [-0.15, -0.1) is 11.3 Å². The number of ketones is 1. The molecule has 7 nitrogen and oxygen atoms in total. The average molecular weight is 433 g/mol. The highest BCUT2D eigenvalue weighted by Gasteiger charge is 2.20. The summed E-state index contributed by atoms with van der Waals surface area (Å²) in [5, 5.41) is 9.09. The quantitative estimate of drug-likeness (QED) is 0.439. The van der Waals surface area contributed by atoms with Crippen LogP contribution in [0.3, 0.4) is 0 Å². The topological polar surface area (TPSA) is 85.6 Å². The van der Waals surface area contributed by atoms with Gasteiger partial charge in [-0.25, -0.2) is 14.3 Å². The van der Waals surface area contributed by atoms with Crippen molar-refractivity contribution in [3.05, 3.63) is 70.7 Å². The van der Waals surface area contributed by atoms with Crippen LogP contribution < -0.4 is 5.32 Å². The molecule has 0 spiro atoms. The minimum atomic E-state index is -0.438. The van der Waals surface area contributed by atoms with Crippen LogP contribution in [0, 0.1) is 0 Å². The smallest absolute Gasteiger partial charge is 0.411 e. The highest BCUT2D eigenvalue weighted by Crippen LogP contribution is 2.26. The largest absolute Gasteiger partial charge is 0.446 e. The summed E-state index contributed by atoms with van der Waals surface area (Å²) in [5.41, 5.74) is 3.19. The van der Waals surface area contributed by atoms with E-state index in [-0.39, 0.29) is 11.9 Å². The normalized spacial score (nSPS) is 14.1. The number of carbonyl (C=O) groups excluding carboxylic acids is 2. The number of rotatable bonds is 5. The molecular weight excluding hydrogens is 412 g/mol. The van der Waals surface area contributed by atoms with Crippen molar-refractivity contribution >= 4 is 34.5 Å². The molecule has 3 heterocycles. The lowest BCUT2D eigenvalue weighted by Gasteiger charge is -2.13. The van der Waals surface area contributed by atoms with Gasteiger partial charge in [0.2, 0.25) is 5.78 Å². The number of hydrogen-bond donors (Lipinski definition) is 1. The fourth-order valence-electron chi connectivity index (χ4n) is 3.87. The van der Waals surface area contributed by atoms with E-state index >= 15 is 0 Å². The minimum absolute atomic E-state index is 0.00591. The van der Waals surface area contributed by atoms with Gasteiger partial charge in [-0.3, -0.25) is 10.1 Å². The average Bonchev–Trinajstić information content (AvgIpc) is 3.54. The van der Waals surface area contributed by atoms with Gasteiger partial charge in [0.15, 0.2) is 5.65 Å². The highest BCUT2D eigenvalue weighted by molar-refractivity contribution is 7.12. The maximum Gasteiger partial charge on any atom is 0.411 e. The molecule has 1 fully saturated rings. The molecule has 156 valence electrons. The van der Waals surface area contributed by atoms with Gasteiger partial charge in [0.1, 0.15) is 6.10 Å². The van der Waals surface area contributed by atoms with E-state index in [0.29, 0.717) is 21.8 Å². The Morgan fingerprint density at radius 1 is 1.13 bits per heavy atom. The van der Waals surface area contributed by atoms with Crippen LogP contribution in [0.4, 0.5) is 10.5 Å². The Bertz CT molecular complexity index is 1240. The number of benzene rings is 1. The van der Waals surface area contributed by atoms with Crippen molar-refractivity contribution in [1.82, 2.24) is 14.6 Å². The van der Waals surface area contributed by atoms with Gasteiger partial charge in [0.25, 0.3) is 0 Å². The third kappa shape index (κ3) is 3.94. The van der Waals surface area contributed by atoms with Crippen LogP contribution in [0.15, 0.2) is 60.2 Å². The van der Waals surface area contributed by atoms with E-state index in [1.807, 2.05) is 41.8 Å². The number of ether oxygens (including phenoxy) is 1. The van der Waals surface area contributed by atoms with Crippen molar-refractivity contribution in [2.24, 2.45) is 0 Å². The van der Waals surface area contributed by atoms with Gasteiger partial charge in [-0.1, -0.05) is 18.2 Å². The van der Waals surface area contributed by atoms with E-state index < -0.39 is 6.09 Å². The van der Waals surface area contributed by atoms with E-state index in [9.17, 15) is 9.59 Å². The minimum Gasteiger partial charge on any atom is -0.446 e. The zero-order valence-corrected chi connectivity index (χ0v) is 17.5. The zero-order chi connectivity index (χ0) is 21.2. The summed E-state index contributed by atoms with van der Waals surface area (Å²) in [4.78, 5) is 30.1. The molecular formula is C23H20N4O3S. The number of nitrogens with zero attached hydrogens (tertiary/aromatic N) is 3. The van der Waals surface area contributed by atoms with Gasteiger partial charge in [0.05, 0.1) is 22.3 Å². The Morgan fingerprint density at radius 3 is 2.81 bits per heavy atom. The van der Waals surface area contributed by atoms with Gasteiger partial charge in [-0.2, -0.15) is 5.10 Å². The molecule has 0 aliphatic heterocycles. The second-order valence-electron chi connectivity index (χ2n) is 7.45. The first-order valence-corrected chi connectivity index (χ1v) is 11.1. The Labute approximate surface area is 182 Å². The summed E-state index contributed by atoms with van der Waals surface area (Å²) >= 11 is 1.39. The SMILES string of the molecule is O=C(Nc1cccc(-c2ccnc3c(C(=O)c4cccs4)cnn23)c1)OC1CCCC1. The maximum atomic E-state index is 12.8. The first-order valence-electron chi connectivity index (χ1n) is 10.2. The number of amides is 1. The summed E-state index contributed by atoms with van der Waals surface area (Å²) in [6.07, 6.45) is 6.83. The Morgan fingerprint density at radius 2 is 2.00 bits per heavy atom. The molecule has 1 aliphatic rings. The molecule has 1 saturated carbocycles. The molecule has 5 rings (SSSR count). The van der Waals surface area contributed by atoms with Gasteiger partial charge in [0, 0.05) is 17.4 Å². The van der Waals surface area contributed by atoms with Crippen LogP contribution in [0.5, 0.6) is 0 Å². The number of fused-ring (bicyclic) bond motifs is 1. The van der Waals surface area contributed by atoms with E-state index in [2.05, 4.69) is 15.4 Å². The summed E-state index contributed by atoms with van der Waals surface area (Å²) in [7, 11) is 0. The van der Waals surface area contributed by atoms with E-state index in [1.54, 1.807) is 23.0 Å². The Balaban J connectivity index is 1.42. The molecule has 1 aromatic carbocycles. The number of carbonyl (C=O) groups is 2. The van der Waals surface area contributed by atoms with Crippen LogP contribution in [0.25, 0.3) is 16.9 Å². The second kappa shape index (κ2) is 8.31. The van der Waals surface area contributed by atoms with Crippen LogP contribution >= 0.6 is 11.3 Å². The molecule has 0 bridgehead atoms. The van der Waals surface area contributed by atoms with Crippen molar-refractivity contribution in [2.75, 3.05) is 5.32 Å². The molecule has 31 heavy (non-hydrogen) atoms. The van der Waals surface area contributed by atoms with Gasteiger partial charge >= 0.3 is 6.09 Å². The predicted molar refractivity (Wildman–Crippen MR) is 119 cm³/mol. The molecule has 1 N–H and O–H groups in total. The number of aromatic nitrogens is 3. The Kier molecular flexibility index (Phi) is 5.21. The molecule has 1 aliphatic carbocycles. The van der Waals surface area contributed by atoms with Crippen LogP contribution in [0.2, 0.25) is 0 Å². The van der Waals surface area contributed by atoms with E-state index in [1.165, 1.54) is 11.3 Å². The molecule has 0 atom stereocenters.